The minimum absolute atomic E-state index is 0.0446. The number of carboxylic acid groups (broad SMARTS) is 1. The zero-order valence-electron chi connectivity index (χ0n) is 17.6. The molecule has 1 aliphatic carbocycles. The molecule has 158 valence electrons. The van der Waals surface area contributed by atoms with E-state index in [9.17, 15) is 14.7 Å². The summed E-state index contributed by atoms with van der Waals surface area (Å²) in [6.45, 7) is 4.03. The number of hydrogen-bond acceptors (Lipinski definition) is 3. The van der Waals surface area contributed by atoms with Crippen molar-refractivity contribution < 1.29 is 19.4 Å². The highest BCUT2D eigenvalue weighted by Crippen LogP contribution is 2.44. The molecule has 0 fully saturated rings. The van der Waals surface area contributed by atoms with E-state index in [1.165, 1.54) is 0 Å². The van der Waals surface area contributed by atoms with Crippen LogP contribution in [-0.4, -0.2) is 23.8 Å². The highest BCUT2D eigenvalue weighted by atomic mass is 16.5. The van der Waals surface area contributed by atoms with Gasteiger partial charge in [-0.25, -0.2) is 4.79 Å². The van der Waals surface area contributed by atoms with Gasteiger partial charge in [0.25, 0.3) is 0 Å². The van der Waals surface area contributed by atoms with Crippen LogP contribution in [0.5, 0.6) is 0 Å². The SMILES string of the molecule is Cc1ccc(C)c(C(CC(=O)O)NC(=O)OCC2c3ccccc3-c3ccccc32)c1. The first-order chi connectivity index (χ1) is 14.9. The van der Waals surface area contributed by atoms with Crippen molar-refractivity contribution in [1.29, 1.82) is 0 Å². The summed E-state index contributed by atoms with van der Waals surface area (Å²) in [4.78, 5) is 24.1. The number of carbonyl (C=O) groups is 2. The molecule has 0 saturated carbocycles. The van der Waals surface area contributed by atoms with Crippen molar-refractivity contribution in [1.82, 2.24) is 5.32 Å². The van der Waals surface area contributed by atoms with E-state index in [0.29, 0.717) is 0 Å². The summed E-state index contributed by atoms with van der Waals surface area (Å²) in [7, 11) is 0. The molecule has 2 N–H and O–H groups in total. The van der Waals surface area contributed by atoms with Crippen molar-refractivity contribution in [3.05, 3.63) is 94.5 Å². The number of carbonyl (C=O) groups excluding carboxylic acids is 1. The number of alkyl carbamates (subject to hydrolysis) is 1. The predicted molar refractivity (Wildman–Crippen MR) is 119 cm³/mol. The molecule has 1 amide bonds. The van der Waals surface area contributed by atoms with Crippen LogP contribution >= 0.6 is 0 Å². The van der Waals surface area contributed by atoms with Gasteiger partial charge in [-0.2, -0.15) is 0 Å². The number of amides is 1. The van der Waals surface area contributed by atoms with E-state index in [1.54, 1.807) is 0 Å². The number of aliphatic carboxylic acids is 1. The molecule has 3 aromatic carbocycles. The molecule has 0 aromatic heterocycles. The van der Waals surface area contributed by atoms with Crippen LogP contribution < -0.4 is 5.32 Å². The maximum atomic E-state index is 12.7. The Balaban J connectivity index is 1.50. The second-order valence-electron chi connectivity index (χ2n) is 7.98. The van der Waals surface area contributed by atoms with Gasteiger partial charge >= 0.3 is 12.1 Å². The van der Waals surface area contributed by atoms with E-state index in [1.807, 2.05) is 56.3 Å². The Kier molecular flexibility index (Phi) is 5.76. The molecule has 0 heterocycles. The molecule has 0 saturated heterocycles. The van der Waals surface area contributed by atoms with E-state index in [0.717, 1.165) is 38.9 Å². The smallest absolute Gasteiger partial charge is 0.407 e. The van der Waals surface area contributed by atoms with Crippen LogP contribution in [0, 0.1) is 13.8 Å². The van der Waals surface area contributed by atoms with E-state index in [2.05, 4.69) is 29.6 Å². The van der Waals surface area contributed by atoms with E-state index in [4.69, 9.17) is 4.74 Å². The third kappa shape index (κ3) is 4.31. The van der Waals surface area contributed by atoms with Crippen molar-refractivity contribution in [3.8, 4) is 11.1 Å². The van der Waals surface area contributed by atoms with Gasteiger partial charge in [0.15, 0.2) is 0 Å². The van der Waals surface area contributed by atoms with Crippen molar-refractivity contribution in [2.45, 2.75) is 32.2 Å². The van der Waals surface area contributed by atoms with Crippen LogP contribution in [0.2, 0.25) is 0 Å². The van der Waals surface area contributed by atoms with Gasteiger partial charge in [0.2, 0.25) is 0 Å². The molecular weight excluding hydrogens is 390 g/mol. The monoisotopic (exact) mass is 415 g/mol. The zero-order valence-corrected chi connectivity index (χ0v) is 17.6. The van der Waals surface area contributed by atoms with Crippen molar-refractivity contribution in [2.24, 2.45) is 0 Å². The summed E-state index contributed by atoms with van der Waals surface area (Å²) in [6.07, 6.45) is -0.830. The lowest BCUT2D eigenvalue weighted by molar-refractivity contribution is -0.137. The molecule has 31 heavy (non-hydrogen) atoms. The Morgan fingerprint density at radius 1 is 0.968 bits per heavy atom. The summed E-state index contributed by atoms with van der Waals surface area (Å²) in [5, 5.41) is 12.1. The Labute approximate surface area is 181 Å². The summed E-state index contributed by atoms with van der Waals surface area (Å²) in [5.74, 6) is -1.03. The van der Waals surface area contributed by atoms with Crippen LogP contribution in [0.25, 0.3) is 11.1 Å². The van der Waals surface area contributed by atoms with Gasteiger partial charge in [-0.1, -0.05) is 72.3 Å². The number of fused-ring (bicyclic) bond motifs is 3. The molecule has 4 rings (SSSR count). The average molecular weight is 415 g/mol. The molecule has 0 bridgehead atoms. The largest absolute Gasteiger partial charge is 0.481 e. The van der Waals surface area contributed by atoms with Gasteiger partial charge in [-0.05, 0) is 47.2 Å². The van der Waals surface area contributed by atoms with E-state index < -0.39 is 18.1 Å². The zero-order chi connectivity index (χ0) is 22.0. The molecule has 5 heteroatoms. The summed E-state index contributed by atoms with van der Waals surface area (Å²) in [5.41, 5.74) is 7.30. The number of rotatable bonds is 6. The van der Waals surface area contributed by atoms with Crippen molar-refractivity contribution >= 4 is 12.1 Å². The van der Waals surface area contributed by atoms with Crippen LogP contribution in [0.3, 0.4) is 0 Å². The first kappa shape index (κ1) is 20.7. The standard InChI is InChI=1S/C26H25NO4/c1-16-11-12-17(2)22(13-16)24(14-25(28)29)27-26(30)31-15-23-20-9-5-3-7-18(20)19-8-4-6-10-21(19)23/h3-13,23-24H,14-15H2,1-2H3,(H,27,30)(H,28,29). The molecule has 1 unspecified atom stereocenters. The maximum absolute atomic E-state index is 12.7. The van der Waals surface area contributed by atoms with Crippen LogP contribution in [-0.2, 0) is 9.53 Å². The second kappa shape index (κ2) is 8.64. The van der Waals surface area contributed by atoms with Crippen LogP contribution in [0.15, 0.2) is 66.7 Å². The third-order valence-electron chi connectivity index (χ3n) is 5.82. The van der Waals surface area contributed by atoms with Crippen molar-refractivity contribution in [2.75, 3.05) is 6.61 Å². The molecule has 5 nitrogen and oxygen atoms in total. The highest BCUT2D eigenvalue weighted by Gasteiger charge is 2.29. The summed E-state index contributed by atoms with van der Waals surface area (Å²) >= 11 is 0. The maximum Gasteiger partial charge on any atom is 0.407 e. The van der Waals surface area contributed by atoms with Gasteiger partial charge in [-0.15, -0.1) is 0 Å². The van der Waals surface area contributed by atoms with Crippen LogP contribution in [0.4, 0.5) is 4.79 Å². The molecule has 0 aliphatic heterocycles. The van der Waals surface area contributed by atoms with Gasteiger partial charge in [0, 0.05) is 5.92 Å². The molecule has 0 spiro atoms. The number of aryl methyl sites for hydroxylation is 2. The quantitative estimate of drug-likeness (QED) is 0.568. The number of ether oxygens (including phenoxy) is 1. The summed E-state index contributed by atoms with van der Waals surface area (Å²) in [6, 6.07) is 21.4. The Hall–Kier alpha value is -3.60. The minimum atomic E-state index is -0.982. The van der Waals surface area contributed by atoms with E-state index >= 15 is 0 Å². The Morgan fingerprint density at radius 3 is 2.19 bits per heavy atom. The number of nitrogens with one attached hydrogen (secondary N) is 1. The van der Waals surface area contributed by atoms with Gasteiger partial charge in [-0.3, -0.25) is 4.79 Å². The fraction of sp³-hybridized carbons (Fsp3) is 0.231. The molecular formula is C26H25NO4. The lowest BCUT2D eigenvalue weighted by Gasteiger charge is -2.21. The first-order valence-electron chi connectivity index (χ1n) is 10.3. The molecule has 3 aromatic rings. The number of carboxylic acids is 1. The lowest BCUT2D eigenvalue weighted by atomic mass is 9.97. The van der Waals surface area contributed by atoms with Crippen LogP contribution in [0.1, 0.15) is 46.2 Å². The fourth-order valence-electron chi connectivity index (χ4n) is 4.33. The van der Waals surface area contributed by atoms with Crippen molar-refractivity contribution in [3.63, 3.8) is 0 Å². The molecule has 1 atom stereocenters. The lowest BCUT2D eigenvalue weighted by Crippen LogP contribution is -2.32. The Morgan fingerprint density at radius 2 is 1.58 bits per heavy atom. The highest BCUT2D eigenvalue weighted by molar-refractivity contribution is 5.79. The van der Waals surface area contributed by atoms with Gasteiger partial charge < -0.3 is 15.2 Å². The molecule has 0 radical (unpaired) electrons. The predicted octanol–water partition coefficient (Wildman–Crippen LogP) is 5.36. The van der Waals surface area contributed by atoms with Gasteiger partial charge in [0.05, 0.1) is 12.5 Å². The first-order valence-corrected chi connectivity index (χ1v) is 10.3. The second-order valence-corrected chi connectivity index (χ2v) is 7.98. The third-order valence-corrected chi connectivity index (χ3v) is 5.82. The number of benzene rings is 3. The number of hydrogen-bond donors (Lipinski definition) is 2. The minimum Gasteiger partial charge on any atom is -0.481 e. The van der Waals surface area contributed by atoms with Gasteiger partial charge in [0.1, 0.15) is 6.61 Å². The topological polar surface area (TPSA) is 75.6 Å². The summed E-state index contributed by atoms with van der Waals surface area (Å²) < 4.78 is 5.60. The fourth-order valence-corrected chi connectivity index (χ4v) is 4.33. The average Bonchev–Trinajstić information content (AvgIpc) is 3.07. The normalized spacial score (nSPS) is 13.2. The Bertz CT molecular complexity index is 1090. The molecule has 1 aliphatic rings. The van der Waals surface area contributed by atoms with E-state index in [-0.39, 0.29) is 18.9 Å².